The Balaban J connectivity index is 1.72. The van der Waals surface area contributed by atoms with Gasteiger partial charge in [0.2, 0.25) is 0 Å². The molecular formula is C26H27N3O3S. The maximum absolute atomic E-state index is 13.3. The molecule has 3 aromatic rings. The zero-order chi connectivity index (χ0) is 23.6. The fraction of sp³-hybridized carbons (Fsp3) is 0.192. The lowest BCUT2D eigenvalue weighted by Crippen LogP contribution is -2.35. The van der Waals surface area contributed by atoms with Gasteiger partial charge in [-0.25, -0.2) is 0 Å². The van der Waals surface area contributed by atoms with Crippen LogP contribution in [0.25, 0.3) is 0 Å². The van der Waals surface area contributed by atoms with E-state index in [1.807, 2.05) is 44.2 Å². The van der Waals surface area contributed by atoms with E-state index in [-0.39, 0.29) is 16.9 Å². The van der Waals surface area contributed by atoms with E-state index in [4.69, 9.17) is 17.0 Å². The topological polar surface area (TPSA) is 70.7 Å². The Hall–Kier alpha value is -3.71. The SMILES string of the molecule is CCCOc1cccc(C(=O)NC(=S)Nc2ccccc2C(=O)N(CC)c2ccccc2)c1. The van der Waals surface area contributed by atoms with Gasteiger partial charge in [0, 0.05) is 17.8 Å². The Bertz CT molecular complexity index is 1120. The maximum Gasteiger partial charge on any atom is 0.260 e. The number of thiocarbonyl (C=S) groups is 1. The molecule has 7 heteroatoms. The van der Waals surface area contributed by atoms with Crippen molar-refractivity contribution in [3.8, 4) is 5.75 Å². The summed E-state index contributed by atoms with van der Waals surface area (Å²) in [4.78, 5) is 27.6. The number of carbonyl (C=O) groups excluding carboxylic acids is 2. The highest BCUT2D eigenvalue weighted by molar-refractivity contribution is 7.80. The maximum atomic E-state index is 13.3. The summed E-state index contributed by atoms with van der Waals surface area (Å²) in [6.45, 7) is 5.02. The fourth-order valence-corrected chi connectivity index (χ4v) is 3.45. The van der Waals surface area contributed by atoms with Crippen LogP contribution in [0.15, 0.2) is 78.9 Å². The number of nitrogens with one attached hydrogen (secondary N) is 2. The van der Waals surface area contributed by atoms with Crippen LogP contribution in [0.5, 0.6) is 5.75 Å². The molecule has 6 nitrogen and oxygen atoms in total. The quantitative estimate of drug-likeness (QED) is 0.447. The molecule has 0 unspecified atom stereocenters. The number of hydrogen-bond acceptors (Lipinski definition) is 4. The van der Waals surface area contributed by atoms with Gasteiger partial charge in [-0.05, 0) is 68.0 Å². The monoisotopic (exact) mass is 461 g/mol. The first-order valence-electron chi connectivity index (χ1n) is 10.8. The van der Waals surface area contributed by atoms with Crippen LogP contribution in [0.3, 0.4) is 0 Å². The molecule has 0 saturated carbocycles. The largest absolute Gasteiger partial charge is 0.494 e. The summed E-state index contributed by atoms with van der Waals surface area (Å²) in [5.41, 5.74) is 2.20. The summed E-state index contributed by atoms with van der Waals surface area (Å²) in [5, 5.41) is 5.76. The molecule has 170 valence electrons. The van der Waals surface area contributed by atoms with Gasteiger partial charge in [0.1, 0.15) is 5.75 Å². The average Bonchev–Trinajstić information content (AvgIpc) is 2.84. The second-order valence-electron chi connectivity index (χ2n) is 7.22. The molecule has 0 heterocycles. The van der Waals surface area contributed by atoms with Gasteiger partial charge in [0.05, 0.1) is 17.9 Å². The number of hydrogen-bond donors (Lipinski definition) is 2. The minimum Gasteiger partial charge on any atom is -0.494 e. The van der Waals surface area contributed by atoms with Crippen molar-refractivity contribution in [2.24, 2.45) is 0 Å². The highest BCUT2D eigenvalue weighted by Crippen LogP contribution is 2.22. The number of rotatable bonds is 8. The van der Waals surface area contributed by atoms with Crippen molar-refractivity contribution in [3.05, 3.63) is 90.0 Å². The van der Waals surface area contributed by atoms with Crippen LogP contribution in [0.1, 0.15) is 41.0 Å². The predicted octanol–water partition coefficient (Wildman–Crippen LogP) is 5.27. The second kappa shape index (κ2) is 11.8. The Labute approximate surface area is 199 Å². The molecule has 0 fully saturated rings. The Morgan fingerprint density at radius 1 is 0.939 bits per heavy atom. The number of amides is 2. The third kappa shape index (κ3) is 6.40. The van der Waals surface area contributed by atoms with Gasteiger partial charge in [0.15, 0.2) is 5.11 Å². The van der Waals surface area contributed by atoms with Crippen molar-refractivity contribution in [3.63, 3.8) is 0 Å². The molecule has 0 aliphatic rings. The first kappa shape index (κ1) is 23.9. The fourth-order valence-electron chi connectivity index (χ4n) is 3.25. The lowest BCUT2D eigenvalue weighted by Gasteiger charge is -2.23. The van der Waals surface area contributed by atoms with Crippen LogP contribution >= 0.6 is 12.2 Å². The summed E-state index contributed by atoms with van der Waals surface area (Å²) in [6, 6.07) is 23.5. The van der Waals surface area contributed by atoms with Gasteiger partial charge in [-0.1, -0.05) is 43.3 Å². The summed E-state index contributed by atoms with van der Waals surface area (Å²) >= 11 is 5.35. The van der Waals surface area contributed by atoms with Gasteiger partial charge in [0.25, 0.3) is 11.8 Å². The van der Waals surface area contributed by atoms with E-state index in [1.165, 1.54) is 0 Å². The average molecular weight is 462 g/mol. The third-order valence-corrected chi connectivity index (χ3v) is 5.04. The summed E-state index contributed by atoms with van der Waals surface area (Å²) in [5.74, 6) is 0.0966. The second-order valence-corrected chi connectivity index (χ2v) is 7.62. The van der Waals surface area contributed by atoms with Crippen LogP contribution in [-0.4, -0.2) is 30.1 Å². The van der Waals surface area contributed by atoms with Crippen LogP contribution in [0.2, 0.25) is 0 Å². The van der Waals surface area contributed by atoms with Crippen LogP contribution in [-0.2, 0) is 0 Å². The van der Waals surface area contributed by atoms with Gasteiger partial charge in [-0.15, -0.1) is 0 Å². The van der Waals surface area contributed by atoms with Crippen molar-refractivity contribution in [1.82, 2.24) is 5.32 Å². The summed E-state index contributed by atoms with van der Waals surface area (Å²) in [7, 11) is 0. The highest BCUT2D eigenvalue weighted by Gasteiger charge is 2.20. The van der Waals surface area contributed by atoms with Gasteiger partial charge in [-0.3, -0.25) is 14.9 Å². The van der Waals surface area contributed by atoms with Crippen molar-refractivity contribution in [1.29, 1.82) is 0 Å². The van der Waals surface area contributed by atoms with Crippen molar-refractivity contribution in [2.45, 2.75) is 20.3 Å². The molecule has 0 bridgehead atoms. The van der Waals surface area contributed by atoms with Crippen LogP contribution < -0.4 is 20.3 Å². The predicted molar refractivity (Wildman–Crippen MR) is 136 cm³/mol. The molecule has 0 spiro atoms. The van der Waals surface area contributed by atoms with Gasteiger partial charge < -0.3 is 15.0 Å². The zero-order valence-electron chi connectivity index (χ0n) is 18.7. The van der Waals surface area contributed by atoms with E-state index in [9.17, 15) is 9.59 Å². The smallest absolute Gasteiger partial charge is 0.260 e. The van der Waals surface area contributed by atoms with E-state index in [0.29, 0.717) is 35.7 Å². The van der Waals surface area contributed by atoms with E-state index in [1.54, 1.807) is 53.4 Å². The third-order valence-electron chi connectivity index (χ3n) is 4.83. The summed E-state index contributed by atoms with van der Waals surface area (Å²) < 4.78 is 5.59. The Kier molecular flexibility index (Phi) is 8.55. The number of anilines is 2. The van der Waals surface area contributed by atoms with Crippen molar-refractivity contribution >= 4 is 40.5 Å². The minimum atomic E-state index is -0.363. The number of ether oxygens (including phenoxy) is 1. The molecular weight excluding hydrogens is 434 g/mol. The van der Waals surface area contributed by atoms with E-state index >= 15 is 0 Å². The first-order valence-corrected chi connectivity index (χ1v) is 11.3. The molecule has 33 heavy (non-hydrogen) atoms. The highest BCUT2D eigenvalue weighted by atomic mass is 32.1. The molecule has 3 rings (SSSR count). The van der Waals surface area contributed by atoms with E-state index < -0.39 is 0 Å². The van der Waals surface area contributed by atoms with Crippen LogP contribution in [0.4, 0.5) is 11.4 Å². The number of nitrogens with zero attached hydrogens (tertiary/aromatic N) is 1. The van der Waals surface area contributed by atoms with Crippen molar-refractivity contribution < 1.29 is 14.3 Å². The Morgan fingerprint density at radius 3 is 2.39 bits per heavy atom. The molecule has 0 atom stereocenters. The standard InChI is InChI=1S/C26H27N3O3S/c1-3-17-32-21-14-10-11-19(18-21)24(30)28-26(33)27-23-16-9-8-15-22(23)25(31)29(4-2)20-12-6-5-7-13-20/h5-16,18H,3-4,17H2,1-2H3,(H2,27,28,30,33). The first-order chi connectivity index (χ1) is 16.0. The lowest BCUT2D eigenvalue weighted by molar-refractivity contribution is 0.0974. The van der Waals surface area contributed by atoms with Gasteiger partial charge in [-0.2, -0.15) is 0 Å². The normalized spacial score (nSPS) is 10.2. The van der Waals surface area contributed by atoms with E-state index in [0.717, 1.165) is 12.1 Å². The summed E-state index contributed by atoms with van der Waals surface area (Å²) in [6.07, 6.45) is 0.877. The number of para-hydroxylation sites is 2. The van der Waals surface area contributed by atoms with Crippen LogP contribution in [0, 0.1) is 0 Å². The molecule has 0 radical (unpaired) electrons. The minimum absolute atomic E-state index is 0.0999. The lowest BCUT2D eigenvalue weighted by atomic mass is 10.1. The van der Waals surface area contributed by atoms with Gasteiger partial charge >= 0.3 is 0 Å². The molecule has 0 aromatic heterocycles. The number of carbonyl (C=O) groups is 2. The number of benzene rings is 3. The molecule has 0 saturated heterocycles. The molecule has 2 N–H and O–H groups in total. The molecule has 3 aromatic carbocycles. The molecule has 0 aliphatic carbocycles. The Morgan fingerprint density at radius 2 is 1.67 bits per heavy atom. The van der Waals surface area contributed by atoms with Crippen molar-refractivity contribution in [2.75, 3.05) is 23.4 Å². The molecule has 2 amide bonds. The zero-order valence-corrected chi connectivity index (χ0v) is 19.5. The molecule has 0 aliphatic heterocycles. The van der Waals surface area contributed by atoms with E-state index in [2.05, 4.69) is 10.6 Å².